The summed E-state index contributed by atoms with van der Waals surface area (Å²) in [7, 11) is 0. The minimum absolute atomic E-state index is 0.288. The second-order valence-electron chi connectivity index (χ2n) is 3.76. The zero-order chi connectivity index (χ0) is 14.0. The van der Waals surface area contributed by atoms with E-state index in [1.807, 2.05) is 17.5 Å². The molecule has 1 atom stereocenters. The lowest BCUT2D eigenvalue weighted by atomic mass is 10.1. The molecule has 0 amide bonds. The van der Waals surface area contributed by atoms with Crippen LogP contribution in [0.1, 0.15) is 16.5 Å². The molecule has 0 saturated carbocycles. The van der Waals surface area contributed by atoms with Crippen LogP contribution in [0.15, 0.2) is 40.2 Å². The summed E-state index contributed by atoms with van der Waals surface area (Å²) in [4.78, 5) is 0.871. The molecule has 2 aromatic rings. The van der Waals surface area contributed by atoms with Crippen molar-refractivity contribution in [3.8, 4) is 5.75 Å². The van der Waals surface area contributed by atoms with Crippen molar-refractivity contribution in [3.63, 3.8) is 0 Å². The molecule has 1 aromatic heterocycles. The van der Waals surface area contributed by atoms with Crippen molar-refractivity contribution in [3.05, 3.63) is 50.6 Å². The van der Waals surface area contributed by atoms with Gasteiger partial charge in [0, 0.05) is 9.35 Å². The van der Waals surface area contributed by atoms with E-state index in [0.717, 1.165) is 4.88 Å². The summed E-state index contributed by atoms with van der Waals surface area (Å²) in [5.74, 6) is -0.288. The third kappa shape index (κ3) is 3.95. The van der Waals surface area contributed by atoms with Gasteiger partial charge in [-0.1, -0.05) is 22.0 Å². The Kier molecular flexibility index (Phi) is 4.17. The van der Waals surface area contributed by atoms with Crippen LogP contribution in [0.5, 0.6) is 5.75 Å². The molecule has 0 saturated heterocycles. The van der Waals surface area contributed by atoms with Gasteiger partial charge in [0.2, 0.25) is 0 Å². The minimum Gasteiger partial charge on any atom is -0.406 e. The predicted molar refractivity (Wildman–Crippen MR) is 71.2 cm³/mol. The molecule has 1 heterocycles. The van der Waals surface area contributed by atoms with Gasteiger partial charge in [-0.25, -0.2) is 0 Å². The highest BCUT2D eigenvalue weighted by Gasteiger charge is 2.31. The van der Waals surface area contributed by atoms with E-state index in [-0.39, 0.29) is 5.75 Å². The number of hydrogen-bond donors (Lipinski definition) is 1. The van der Waals surface area contributed by atoms with Crippen LogP contribution in [0.3, 0.4) is 0 Å². The van der Waals surface area contributed by atoms with Gasteiger partial charge in [0.25, 0.3) is 0 Å². The van der Waals surface area contributed by atoms with Crippen molar-refractivity contribution in [2.75, 3.05) is 0 Å². The lowest BCUT2D eigenvalue weighted by molar-refractivity contribution is -0.274. The van der Waals surface area contributed by atoms with Crippen LogP contribution in [0, 0.1) is 0 Å². The average molecular weight is 352 g/mol. The number of rotatable bonds is 3. The lowest BCUT2D eigenvalue weighted by Gasteiger charge is -2.14. The monoisotopic (exact) mass is 351 g/mol. The van der Waals surface area contributed by atoms with E-state index >= 15 is 0 Å². The molecule has 0 aliphatic heterocycles. The van der Waals surface area contributed by atoms with Crippen molar-refractivity contribution in [2.24, 2.45) is 5.73 Å². The Balaban J connectivity index is 2.31. The molecule has 0 aliphatic carbocycles. The van der Waals surface area contributed by atoms with Gasteiger partial charge in [-0.2, -0.15) is 0 Å². The molecule has 102 valence electrons. The smallest absolute Gasteiger partial charge is 0.406 e. The normalized spacial score (nSPS) is 13.3. The predicted octanol–water partition coefficient (Wildman–Crippen LogP) is 4.46. The Morgan fingerprint density at radius 1 is 1.26 bits per heavy atom. The van der Waals surface area contributed by atoms with E-state index in [4.69, 9.17) is 5.73 Å². The van der Waals surface area contributed by atoms with E-state index in [1.54, 1.807) is 6.07 Å². The number of hydrogen-bond acceptors (Lipinski definition) is 3. The van der Waals surface area contributed by atoms with Crippen molar-refractivity contribution in [2.45, 2.75) is 12.4 Å². The second-order valence-corrected chi connectivity index (χ2v) is 5.66. The highest BCUT2D eigenvalue weighted by molar-refractivity contribution is 9.10. The summed E-state index contributed by atoms with van der Waals surface area (Å²) in [6.07, 6.45) is -4.72. The van der Waals surface area contributed by atoms with Crippen LogP contribution in [-0.2, 0) is 0 Å². The van der Waals surface area contributed by atoms with Crippen molar-refractivity contribution in [1.29, 1.82) is 0 Å². The first-order valence-electron chi connectivity index (χ1n) is 5.20. The third-order valence-electron chi connectivity index (χ3n) is 2.34. The number of halogens is 4. The number of thiophene rings is 1. The molecule has 0 aliphatic rings. The molecule has 0 unspecified atom stereocenters. The lowest BCUT2D eigenvalue weighted by Crippen LogP contribution is -2.18. The zero-order valence-corrected chi connectivity index (χ0v) is 11.8. The Morgan fingerprint density at radius 2 is 2.00 bits per heavy atom. The Morgan fingerprint density at radius 3 is 2.58 bits per heavy atom. The molecule has 0 spiro atoms. The van der Waals surface area contributed by atoms with Crippen LogP contribution in [0.2, 0.25) is 0 Å². The van der Waals surface area contributed by atoms with Crippen molar-refractivity contribution in [1.82, 2.24) is 0 Å². The molecule has 0 bridgehead atoms. The fourth-order valence-electron chi connectivity index (χ4n) is 1.59. The standard InChI is InChI=1S/C12H9BrF3NOS/c13-8-4-7(11(17)10-2-1-3-19-10)5-9(6-8)18-12(14,15)16/h1-6,11H,17H2/t11-/m1/s1. The average Bonchev–Trinajstić information content (AvgIpc) is 2.77. The first-order valence-corrected chi connectivity index (χ1v) is 6.87. The summed E-state index contributed by atoms with van der Waals surface area (Å²) in [5, 5.41) is 1.86. The molecule has 19 heavy (non-hydrogen) atoms. The van der Waals surface area contributed by atoms with Gasteiger partial charge in [0.1, 0.15) is 5.75 Å². The maximum atomic E-state index is 12.2. The quantitative estimate of drug-likeness (QED) is 0.885. The van der Waals surface area contributed by atoms with E-state index < -0.39 is 12.4 Å². The Labute approximate surface area is 120 Å². The van der Waals surface area contributed by atoms with E-state index in [2.05, 4.69) is 20.7 Å². The van der Waals surface area contributed by atoms with Crippen molar-refractivity contribution >= 4 is 27.3 Å². The van der Waals surface area contributed by atoms with Gasteiger partial charge < -0.3 is 10.5 Å². The number of alkyl halides is 3. The third-order valence-corrected chi connectivity index (χ3v) is 3.75. The molecule has 0 fully saturated rings. The SMILES string of the molecule is N[C@H](c1cc(Br)cc(OC(F)(F)F)c1)c1cccs1. The van der Waals surface area contributed by atoms with Crippen LogP contribution < -0.4 is 10.5 Å². The number of nitrogens with two attached hydrogens (primary N) is 1. The highest BCUT2D eigenvalue weighted by Crippen LogP contribution is 2.32. The van der Waals surface area contributed by atoms with Crippen LogP contribution in [-0.4, -0.2) is 6.36 Å². The molecule has 2 rings (SSSR count). The van der Waals surface area contributed by atoms with Gasteiger partial charge in [-0.3, -0.25) is 0 Å². The molecule has 7 heteroatoms. The minimum atomic E-state index is -4.72. The van der Waals surface area contributed by atoms with Gasteiger partial charge in [-0.15, -0.1) is 24.5 Å². The summed E-state index contributed by atoms with van der Waals surface area (Å²) in [6, 6.07) is 7.41. The topological polar surface area (TPSA) is 35.2 Å². The summed E-state index contributed by atoms with van der Waals surface area (Å²) in [6.45, 7) is 0. The highest BCUT2D eigenvalue weighted by atomic mass is 79.9. The summed E-state index contributed by atoms with van der Waals surface area (Å²) in [5.41, 5.74) is 6.57. The molecule has 0 radical (unpaired) electrons. The van der Waals surface area contributed by atoms with Gasteiger partial charge in [-0.05, 0) is 35.2 Å². The van der Waals surface area contributed by atoms with Gasteiger partial charge >= 0.3 is 6.36 Å². The second kappa shape index (κ2) is 5.52. The maximum absolute atomic E-state index is 12.2. The molecule has 2 N–H and O–H groups in total. The summed E-state index contributed by atoms with van der Waals surface area (Å²) < 4.78 is 41.0. The maximum Gasteiger partial charge on any atom is 0.573 e. The fraction of sp³-hybridized carbons (Fsp3) is 0.167. The largest absolute Gasteiger partial charge is 0.573 e. The molecule has 2 nitrogen and oxygen atoms in total. The van der Waals surface area contributed by atoms with Gasteiger partial charge in [0.05, 0.1) is 6.04 Å². The molecule has 1 aromatic carbocycles. The van der Waals surface area contributed by atoms with Crippen LogP contribution in [0.25, 0.3) is 0 Å². The molecular weight excluding hydrogens is 343 g/mol. The molecular formula is C12H9BrF3NOS. The van der Waals surface area contributed by atoms with E-state index in [1.165, 1.54) is 23.5 Å². The Bertz CT molecular complexity index is 557. The zero-order valence-electron chi connectivity index (χ0n) is 9.45. The van der Waals surface area contributed by atoms with Crippen molar-refractivity contribution < 1.29 is 17.9 Å². The van der Waals surface area contributed by atoms with Crippen LogP contribution in [0.4, 0.5) is 13.2 Å². The van der Waals surface area contributed by atoms with Gasteiger partial charge in [0.15, 0.2) is 0 Å². The first-order chi connectivity index (χ1) is 8.85. The number of ether oxygens (including phenoxy) is 1. The number of benzene rings is 1. The Hall–Kier alpha value is -1.05. The van der Waals surface area contributed by atoms with E-state index in [9.17, 15) is 13.2 Å². The summed E-state index contributed by atoms with van der Waals surface area (Å²) >= 11 is 4.60. The first kappa shape index (κ1) is 14.4. The van der Waals surface area contributed by atoms with E-state index in [0.29, 0.717) is 10.0 Å². The fourth-order valence-corrected chi connectivity index (χ4v) is 2.83. The van der Waals surface area contributed by atoms with Crippen LogP contribution >= 0.6 is 27.3 Å².